The lowest BCUT2D eigenvalue weighted by Gasteiger charge is -2.17. The van der Waals surface area contributed by atoms with Crippen LogP contribution >= 0.6 is 0 Å². The van der Waals surface area contributed by atoms with Crippen LogP contribution < -0.4 is 14.8 Å². The van der Waals surface area contributed by atoms with Crippen molar-refractivity contribution in [2.45, 2.75) is 37.8 Å². The van der Waals surface area contributed by atoms with E-state index in [0.29, 0.717) is 30.2 Å². The van der Waals surface area contributed by atoms with Crippen LogP contribution in [0.4, 0.5) is 5.69 Å². The highest BCUT2D eigenvalue weighted by atomic mass is 32.2. The molecule has 0 bridgehead atoms. The Morgan fingerprint density at radius 1 is 0.914 bits per heavy atom. The van der Waals surface area contributed by atoms with Crippen LogP contribution in [0.15, 0.2) is 77.7 Å². The summed E-state index contributed by atoms with van der Waals surface area (Å²) in [5.41, 5.74) is 3.15. The Morgan fingerprint density at radius 3 is 2.23 bits per heavy atom. The van der Waals surface area contributed by atoms with E-state index in [-0.39, 0.29) is 10.8 Å². The van der Waals surface area contributed by atoms with E-state index >= 15 is 0 Å². The highest BCUT2D eigenvalue weighted by Gasteiger charge is 2.17. The topological polar surface area (TPSA) is 87.7 Å². The molecule has 7 nitrogen and oxygen atoms in total. The van der Waals surface area contributed by atoms with Crippen LogP contribution in [0.3, 0.4) is 0 Å². The molecule has 0 spiro atoms. The molecule has 4 rings (SSSR count). The molecule has 184 valence electrons. The minimum Gasteiger partial charge on any atom is -0.494 e. The van der Waals surface area contributed by atoms with Gasteiger partial charge in [0, 0.05) is 24.3 Å². The molecular weight excluding hydrogens is 462 g/mol. The zero-order chi connectivity index (χ0) is 24.7. The van der Waals surface area contributed by atoms with Gasteiger partial charge in [-0.05, 0) is 92.5 Å². The van der Waals surface area contributed by atoms with Crippen molar-refractivity contribution in [3.63, 3.8) is 0 Å². The highest BCUT2D eigenvalue weighted by Crippen LogP contribution is 2.20. The fourth-order valence-electron chi connectivity index (χ4n) is 4.13. The van der Waals surface area contributed by atoms with Crippen molar-refractivity contribution in [1.29, 1.82) is 0 Å². The van der Waals surface area contributed by atoms with Crippen molar-refractivity contribution >= 4 is 21.6 Å². The number of hydrogen-bond acceptors (Lipinski definition) is 5. The molecule has 0 aliphatic carbocycles. The van der Waals surface area contributed by atoms with Gasteiger partial charge in [0.05, 0.1) is 11.5 Å². The number of nitrogens with zero attached hydrogens (tertiary/aromatic N) is 1. The lowest BCUT2D eigenvalue weighted by atomic mass is 10.1. The van der Waals surface area contributed by atoms with Crippen LogP contribution in [0.2, 0.25) is 0 Å². The van der Waals surface area contributed by atoms with Crippen molar-refractivity contribution in [2.24, 2.45) is 0 Å². The maximum absolute atomic E-state index is 12.7. The van der Waals surface area contributed by atoms with E-state index in [1.807, 2.05) is 25.1 Å². The molecule has 1 amide bonds. The number of amides is 1. The van der Waals surface area contributed by atoms with Gasteiger partial charge in [0.15, 0.2) is 0 Å². The average molecular weight is 494 g/mol. The number of nitrogens with one attached hydrogen (secondary N) is 2. The molecule has 1 aliphatic rings. The summed E-state index contributed by atoms with van der Waals surface area (Å²) < 4.78 is 33.4. The van der Waals surface area contributed by atoms with Gasteiger partial charge in [0.25, 0.3) is 15.9 Å². The first-order valence-electron chi connectivity index (χ1n) is 11.9. The summed E-state index contributed by atoms with van der Waals surface area (Å²) in [7, 11) is -3.78. The summed E-state index contributed by atoms with van der Waals surface area (Å²) in [5, 5.41) is 2.96. The first kappa shape index (κ1) is 24.8. The summed E-state index contributed by atoms with van der Waals surface area (Å²) in [6.07, 6.45) is 2.47. The van der Waals surface area contributed by atoms with Gasteiger partial charge < -0.3 is 10.1 Å². The number of carbonyl (C=O) groups is 1. The maximum Gasteiger partial charge on any atom is 0.261 e. The minimum atomic E-state index is -3.78. The smallest absolute Gasteiger partial charge is 0.261 e. The maximum atomic E-state index is 12.7. The molecule has 3 aromatic rings. The summed E-state index contributed by atoms with van der Waals surface area (Å²) >= 11 is 0. The minimum absolute atomic E-state index is 0.0823. The van der Waals surface area contributed by atoms with Gasteiger partial charge in [0.1, 0.15) is 5.75 Å². The molecule has 35 heavy (non-hydrogen) atoms. The van der Waals surface area contributed by atoms with Crippen molar-refractivity contribution < 1.29 is 17.9 Å². The first-order chi connectivity index (χ1) is 16.9. The van der Waals surface area contributed by atoms with E-state index in [1.165, 1.54) is 42.7 Å². The van der Waals surface area contributed by atoms with E-state index in [9.17, 15) is 13.2 Å². The zero-order valence-corrected chi connectivity index (χ0v) is 20.7. The van der Waals surface area contributed by atoms with E-state index in [2.05, 4.69) is 21.0 Å². The lowest BCUT2D eigenvalue weighted by Crippen LogP contribution is -2.25. The van der Waals surface area contributed by atoms with Crippen molar-refractivity contribution in [3.05, 3.63) is 89.5 Å². The van der Waals surface area contributed by atoms with Crippen molar-refractivity contribution in [3.8, 4) is 5.75 Å². The number of sulfonamides is 1. The molecule has 0 unspecified atom stereocenters. The standard InChI is InChI=1S/C27H31N3O4S/c1-2-34-25-13-11-24(12-14-25)29-35(32,33)26-15-9-21(10-16-26)27(31)28-19-22-7-3-4-8-23(22)20-30-17-5-6-18-30/h3-4,7-16,29H,2,5-6,17-20H2,1H3,(H,28,31). The van der Waals surface area contributed by atoms with Crippen LogP contribution in [0, 0.1) is 0 Å². The third kappa shape index (κ3) is 6.61. The summed E-state index contributed by atoms with van der Waals surface area (Å²) in [6, 6.07) is 20.8. The monoisotopic (exact) mass is 493 g/mol. The summed E-state index contributed by atoms with van der Waals surface area (Å²) in [5.74, 6) is 0.425. The first-order valence-corrected chi connectivity index (χ1v) is 13.4. The van der Waals surface area contributed by atoms with E-state index in [4.69, 9.17) is 4.74 Å². The fraction of sp³-hybridized carbons (Fsp3) is 0.296. The molecule has 1 fully saturated rings. The SMILES string of the molecule is CCOc1ccc(NS(=O)(=O)c2ccc(C(=O)NCc3ccccc3CN3CCCC3)cc2)cc1. The van der Waals surface area contributed by atoms with Crippen molar-refractivity contribution in [1.82, 2.24) is 10.2 Å². The molecule has 1 heterocycles. The predicted octanol–water partition coefficient (Wildman–Crippen LogP) is 4.41. The number of rotatable bonds is 10. The number of ether oxygens (including phenoxy) is 1. The number of carbonyl (C=O) groups excluding carboxylic acids is 1. The molecule has 1 saturated heterocycles. The Bertz CT molecular complexity index is 1240. The Labute approximate surface area is 207 Å². The second kappa shape index (κ2) is 11.4. The van der Waals surface area contributed by atoms with Crippen LogP contribution in [0.25, 0.3) is 0 Å². The zero-order valence-electron chi connectivity index (χ0n) is 19.9. The normalized spacial score (nSPS) is 14.0. The number of benzene rings is 3. The third-order valence-corrected chi connectivity index (χ3v) is 7.39. The van der Waals surface area contributed by atoms with Gasteiger partial charge in [0.2, 0.25) is 0 Å². The molecule has 0 radical (unpaired) electrons. The number of anilines is 1. The molecule has 0 aromatic heterocycles. The Kier molecular flexibility index (Phi) is 8.05. The van der Waals surface area contributed by atoms with Gasteiger partial charge in [-0.25, -0.2) is 8.42 Å². The molecule has 2 N–H and O–H groups in total. The van der Waals surface area contributed by atoms with Crippen LogP contribution in [0.5, 0.6) is 5.75 Å². The number of hydrogen-bond donors (Lipinski definition) is 2. The van der Waals surface area contributed by atoms with Crippen molar-refractivity contribution in [2.75, 3.05) is 24.4 Å². The Morgan fingerprint density at radius 2 is 1.57 bits per heavy atom. The van der Waals surface area contributed by atoms with Gasteiger partial charge in [-0.2, -0.15) is 0 Å². The summed E-state index contributed by atoms with van der Waals surface area (Å²) in [6.45, 7) is 5.96. The third-order valence-electron chi connectivity index (χ3n) is 5.99. The molecule has 1 aliphatic heterocycles. The largest absolute Gasteiger partial charge is 0.494 e. The van der Waals surface area contributed by atoms with Gasteiger partial charge in [-0.1, -0.05) is 24.3 Å². The fourth-order valence-corrected chi connectivity index (χ4v) is 5.19. The van der Waals surface area contributed by atoms with Crippen LogP contribution in [0.1, 0.15) is 41.3 Å². The van der Waals surface area contributed by atoms with Gasteiger partial charge in [-0.3, -0.25) is 14.4 Å². The number of likely N-dealkylation sites (tertiary alicyclic amines) is 1. The molecule has 0 saturated carbocycles. The quantitative estimate of drug-likeness (QED) is 0.437. The second-order valence-electron chi connectivity index (χ2n) is 8.52. The second-order valence-corrected chi connectivity index (χ2v) is 10.2. The van der Waals surface area contributed by atoms with E-state index < -0.39 is 10.0 Å². The van der Waals surface area contributed by atoms with Gasteiger partial charge in [-0.15, -0.1) is 0 Å². The summed E-state index contributed by atoms with van der Waals surface area (Å²) in [4.78, 5) is 15.2. The molecule has 3 aromatic carbocycles. The molecule has 0 atom stereocenters. The highest BCUT2D eigenvalue weighted by molar-refractivity contribution is 7.92. The molecule has 8 heteroatoms. The van der Waals surface area contributed by atoms with E-state index in [1.54, 1.807) is 24.3 Å². The van der Waals surface area contributed by atoms with Crippen LogP contribution in [-0.2, 0) is 23.1 Å². The molecular formula is C27H31N3O4S. The van der Waals surface area contributed by atoms with E-state index in [0.717, 1.165) is 25.2 Å². The predicted molar refractivity (Wildman–Crippen MR) is 137 cm³/mol. The Hall–Kier alpha value is -3.36. The Balaban J connectivity index is 1.36. The van der Waals surface area contributed by atoms with Crippen LogP contribution in [-0.4, -0.2) is 38.9 Å². The average Bonchev–Trinajstić information content (AvgIpc) is 3.38. The lowest BCUT2D eigenvalue weighted by molar-refractivity contribution is 0.0950. The van der Waals surface area contributed by atoms with Gasteiger partial charge >= 0.3 is 0 Å².